The Morgan fingerprint density at radius 3 is 2.94 bits per heavy atom. The summed E-state index contributed by atoms with van der Waals surface area (Å²) in [7, 11) is 0. The van der Waals surface area contributed by atoms with Crippen LogP contribution in [0.3, 0.4) is 0 Å². The number of carbonyl (C=O) groups is 1. The number of hydrogen-bond acceptors (Lipinski definition) is 3. The molecule has 3 heteroatoms. The Labute approximate surface area is 108 Å². The number of cyclic esters (lactones) is 1. The molecule has 0 bridgehead atoms. The Morgan fingerprint density at radius 2 is 2.22 bits per heavy atom. The summed E-state index contributed by atoms with van der Waals surface area (Å²) in [6.07, 6.45) is 7.48. The van der Waals surface area contributed by atoms with E-state index in [9.17, 15) is 4.79 Å². The molecule has 98 valence electrons. The molecule has 3 atom stereocenters. The first-order chi connectivity index (χ1) is 8.58. The van der Waals surface area contributed by atoms with Crippen LogP contribution in [0.4, 0.5) is 0 Å². The first-order valence-electron chi connectivity index (χ1n) is 6.80. The topological polar surface area (TPSA) is 39.4 Å². The predicted molar refractivity (Wildman–Crippen MR) is 66.8 cm³/mol. The molecule has 3 unspecified atom stereocenters. The van der Waals surface area contributed by atoms with Crippen LogP contribution in [0.1, 0.15) is 51.2 Å². The van der Waals surface area contributed by atoms with Gasteiger partial charge in [0, 0.05) is 5.56 Å². The Hall–Kier alpha value is -1.25. The number of esters is 1. The fraction of sp³-hybridized carbons (Fsp3) is 0.667. The fourth-order valence-electron chi connectivity index (χ4n) is 3.64. The standard InChI is InChI=1S/C15H20O3/c1-15(2)6-3-4-11-12(15)8-13(18-14(11)16)10-5-7-17-9-10/h5,7,9,11-13H,3-4,6,8H2,1-2H3. The van der Waals surface area contributed by atoms with E-state index in [2.05, 4.69) is 13.8 Å². The largest absolute Gasteiger partial charge is 0.472 e. The van der Waals surface area contributed by atoms with E-state index in [0.717, 1.165) is 24.8 Å². The molecular weight excluding hydrogens is 228 g/mol. The highest BCUT2D eigenvalue weighted by Gasteiger charge is 2.48. The zero-order chi connectivity index (χ0) is 12.8. The molecule has 0 amide bonds. The van der Waals surface area contributed by atoms with E-state index < -0.39 is 0 Å². The first-order valence-corrected chi connectivity index (χ1v) is 6.80. The van der Waals surface area contributed by atoms with Crippen LogP contribution in [0.2, 0.25) is 0 Å². The molecule has 1 saturated carbocycles. The van der Waals surface area contributed by atoms with Gasteiger partial charge in [-0.15, -0.1) is 0 Å². The van der Waals surface area contributed by atoms with E-state index in [1.165, 1.54) is 6.42 Å². The number of furan rings is 1. The SMILES string of the molecule is CC1(C)CCCC2C(=O)OC(c3ccoc3)CC21. The summed E-state index contributed by atoms with van der Waals surface area (Å²) < 4.78 is 10.7. The molecule has 0 aromatic carbocycles. The van der Waals surface area contributed by atoms with E-state index in [4.69, 9.17) is 9.15 Å². The van der Waals surface area contributed by atoms with Crippen LogP contribution in [0.25, 0.3) is 0 Å². The molecule has 1 aromatic heterocycles. The van der Waals surface area contributed by atoms with E-state index in [-0.39, 0.29) is 23.4 Å². The van der Waals surface area contributed by atoms with E-state index in [1.807, 2.05) is 6.07 Å². The van der Waals surface area contributed by atoms with Crippen LogP contribution in [0.5, 0.6) is 0 Å². The number of hydrogen-bond donors (Lipinski definition) is 0. The summed E-state index contributed by atoms with van der Waals surface area (Å²) in [4.78, 5) is 12.2. The van der Waals surface area contributed by atoms with Crippen molar-refractivity contribution in [1.29, 1.82) is 0 Å². The van der Waals surface area contributed by atoms with Gasteiger partial charge in [-0.1, -0.05) is 20.3 Å². The number of fused-ring (bicyclic) bond motifs is 1. The maximum Gasteiger partial charge on any atom is 0.309 e. The van der Waals surface area contributed by atoms with Crippen molar-refractivity contribution < 1.29 is 13.9 Å². The zero-order valence-corrected chi connectivity index (χ0v) is 11.0. The van der Waals surface area contributed by atoms with Gasteiger partial charge in [0.1, 0.15) is 6.10 Å². The molecule has 2 heterocycles. The fourth-order valence-corrected chi connectivity index (χ4v) is 3.64. The third-order valence-electron chi connectivity index (χ3n) is 4.77. The molecule has 1 saturated heterocycles. The third-order valence-corrected chi connectivity index (χ3v) is 4.77. The van der Waals surface area contributed by atoms with Crippen molar-refractivity contribution in [2.75, 3.05) is 0 Å². The van der Waals surface area contributed by atoms with Gasteiger partial charge in [0.15, 0.2) is 0 Å². The Morgan fingerprint density at radius 1 is 1.39 bits per heavy atom. The minimum atomic E-state index is -0.116. The van der Waals surface area contributed by atoms with Crippen molar-refractivity contribution >= 4 is 5.97 Å². The molecule has 3 nitrogen and oxygen atoms in total. The lowest BCUT2D eigenvalue weighted by atomic mass is 9.61. The highest BCUT2D eigenvalue weighted by Crippen LogP contribution is 2.51. The first kappa shape index (κ1) is 11.8. The lowest BCUT2D eigenvalue weighted by Crippen LogP contribution is -2.44. The lowest BCUT2D eigenvalue weighted by molar-refractivity contribution is -0.174. The van der Waals surface area contributed by atoms with Gasteiger partial charge in [-0.3, -0.25) is 4.79 Å². The zero-order valence-electron chi connectivity index (χ0n) is 11.0. The molecule has 0 radical (unpaired) electrons. The molecule has 18 heavy (non-hydrogen) atoms. The monoisotopic (exact) mass is 248 g/mol. The molecule has 1 aliphatic carbocycles. The molecule has 1 aromatic rings. The third kappa shape index (κ3) is 1.86. The quantitative estimate of drug-likeness (QED) is 0.711. The van der Waals surface area contributed by atoms with E-state index in [0.29, 0.717) is 5.92 Å². The minimum Gasteiger partial charge on any atom is -0.472 e. The van der Waals surface area contributed by atoms with Crippen LogP contribution >= 0.6 is 0 Å². The molecular formula is C15H20O3. The second-order valence-electron chi connectivity index (χ2n) is 6.31. The minimum absolute atomic E-state index is 0.00905. The summed E-state index contributed by atoms with van der Waals surface area (Å²) >= 11 is 0. The van der Waals surface area contributed by atoms with Gasteiger partial charge in [0.25, 0.3) is 0 Å². The summed E-state index contributed by atoms with van der Waals surface area (Å²) in [5, 5.41) is 0. The van der Waals surface area contributed by atoms with Crippen LogP contribution in [0.15, 0.2) is 23.0 Å². The smallest absolute Gasteiger partial charge is 0.309 e. The van der Waals surface area contributed by atoms with Gasteiger partial charge < -0.3 is 9.15 Å². The molecule has 1 aliphatic heterocycles. The van der Waals surface area contributed by atoms with E-state index in [1.54, 1.807) is 12.5 Å². The van der Waals surface area contributed by atoms with Crippen molar-refractivity contribution in [3.63, 3.8) is 0 Å². The van der Waals surface area contributed by atoms with Gasteiger partial charge >= 0.3 is 5.97 Å². The molecule has 2 fully saturated rings. The van der Waals surface area contributed by atoms with E-state index >= 15 is 0 Å². The summed E-state index contributed by atoms with van der Waals surface area (Å²) in [5.41, 5.74) is 1.23. The van der Waals surface area contributed by atoms with Crippen molar-refractivity contribution in [3.05, 3.63) is 24.2 Å². The molecule has 0 spiro atoms. The van der Waals surface area contributed by atoms with Crippen LogP contribution in [-0.4, -0.2) is 5.97 Å². The molecule has 3 rings (SSSR count). The summed E-state index contributed by atoms with van der Waals surface area (Å²) in [5.74, 6) is 0.537. The van der Waals surface area contributed by atoms with Gasteiger partial charge in [-0.2, -0.15) is 0 Å². The summed E-state index contributed by atoms with van der Waals surface area (Å²) in [6.45, 7) is 4.57. The Kier molecular flexibility index (Phi) is 2.72. The average molecular weight is 248 g/mol. The Balaban J connectivity index is 1.86. The van der Waals surface area contributed by atoms with Crippen LogP contribution in [-0.2, 0) is 9.53 Å². The number of ether oxygens (including phenoxy) is 1. The maximum atomic E-state index is 12.2. The molecule has 0 N–H and O–H groups in total. The van der Waals surface area contributed by atoms with Crippen LogP contribution < -0.4 is 0 Å². The number of rotatable bonds is 1. The average Bonchev–Trinajstić information content (AvgIpc) is 2.83. The maximum absolute atomic E-state index is 12.2. The van der Waals surface area contributed by atoms with Gasteiger partial charge in [0.2, 0.25) is 0 Å². The second-order valence-corrected chi connectivity index (χ2v) is 6.31. The van der Waals surface area contributed by atoms with Crippen molar-refractivity contribution in [1.82, 2.24) is 0 Å². The summed E-state index contributed by atoms with van der Waals surface area (Å²) in [6, 6.07) is 1.90. The van der Waals surface area contributed by atoms with Crippen molar-refractivity contribution in [2.45, 2.75) is 45.6 Å². The van der Waals surface area contributed by atoms with Gasteiger partial charge in [0.05, 0.1) is 18.4 Å². The highest BCUT2D eigenvalue weighted by atomic mass is 16.5. The van der Waals surface area contributed by atoms with Crippen molar-refractivity contribution in [2.24, 2.45) is 17.3 Å². The molecule has 2 aliphatic rings. The van der Waals surface area contributed by atoms with Gasteiger partial charge in [-0.05, 0) is 36.7 Å². The number of carbonyl (C=O) groups excluding carboxylic acids is 1. The normalized spacial score (nSPS) is 34.8. The van der Waals surface area contributed by atoms with Gasteiger partial charge in [-0.25, -0.2) is 0 Å². The highest BCUT2D eigenvalue weighted by molar-refractivity contribution is 5.74. The Bertz CT molecular complexity index is 433. The predicted octanol–water partition coefficient (Wildman–Crippen LogP) is 3.71. The van der Waals surface area contributed by atoms with Crippen molar-refractivity contribution in [3.8, 4) is 0 Å². The van der Waals surface area contributed by atoms with Crippen LogP contribution in [0, 0.1) is 17.3 Å². The second kappa shape index (κ2) is 4.15. The lowest BCUT2D eigenvalue weighted by Gasteiger charge is -2.47.